The van der Waals surface area contributed by atoms with Gasteiger partial charge < -0.3 is 20.1 Å². The third-order valence-electron chi connectivity index (χ3n) is 12.3. The monoisotopic (exact) mass is 561 g/mol. The minimum Gasteiger partial charge on any atom is -0.492 e. The van der Waals surface area contributed by atoms with Gasteiger partial charge in [-0.05, 0) is 120 Å². The van der Waals surface area contributed by atoms with Crippen molar-refractivity contribution in [2.75, 3.05) is 27.2 Å². The van der Waals surface area contributed by atoms with E-state index in [2.05, 4.69) is 54.9 Å². The van der Waals surface area contributed by atoms with Crippen LogP contribution < -0.4 is 10.1 Å². The lowest BCUT2D eigenvalue weighted by atomic mass is 9.46. The largest absolute Gasteiger partial charge is 0.492 e. The van der Waals surface area contributed by atoms with Crippen LogP contribution in [0.1, 0.15) is 108 Å². The normalized spacial score (nSPS) is 36.3. The van der Waals surface area contributed by atoms with Crippen molar-refractivity contribution in [1.82, 2.24) is 15.2 Å². The molecule has 1 aromatic heterocycles. The highest BCUT2D eigenvalue weighted by Crippen LogP contribution is 2.66. The van der Waals surface area contributed by atoms with Crippen LogP contribution in [0.25, 0.3) is 0 Å². The Morgan fingerprint density at radius 2 is 1.88 bits per heavy atom. The summed E-state index contributed by atoms with van der Waals surface area (Å²) < 4.78 is 6.47. The molecule has 5 aliphatic rings. The van der Waals surface area contributed by atoms with Crippen LogP contribution in [-0.2, 0) is 0 Å². The molecule has 0 radical (unpaired) electrons. The number of allylic oxidation sites excluding steroid dienone is 3. The summed E-state index contributed by atoms with van der Waals surface area (Å²) in [7, 11) is 4.30. The average Bonchev–Trinajstić information content (AvgIpc) is 3.30. The molecule has 5 unspecified atom stereocenters. The molecule has 6 rings (SSSR count). The molecule has 5 aliphatic carbocycles. The van der Waals surface area contributed by atoms with Crippen LogP contribution in [0.15, 0.2) is 42.3 Å². The molecule has 5 nitrogen and oxygen atoms in total. The van der Waals surface area contributed by atoms with Crippen LogP contribution in [-0.4, -0.2) is 54.4 Å². The van der Waals surface area contributed by atoms with Gasteiger partial charge in [-0.1, -0.05) is 50.0 Å². The summed E-state index contributed by atoms with van der Waals surface area (Å²) in [5.74, 6) is 2.98. The number of nitrogens with one attached hydrogen (secondary N) is 1. The third kappa shape index (κ3) is 5.80. The zero-order valence-corrected chi connectivity index (χ0v) is 26.0. The Morgan fingerprint density at radius 1 is 1.05 bits per heavy atom. The number of likely N-dealkylation sites (N-methyl/N-ethyl adjacent to an activating group) is 1. The number of fused-ring (bicyclic) bond motifs is 5. The fourth-order valence-electron chi connectivity index (χ4n) is 10.1. The van der Waals surface area contributed by atoms with Crippen molar-refractivity contribution < 1.29 is 9.84 Å². The van der Waals surface area contributed by atoms with Crippen LogP contribution in [0.4, 0.5) is 0 Å². The molecular weight excluding hydrogens is 506 g/mol. The Labute approximate surface area is 249 Å². The molecule has 0 bridgehead atoms. The number of hydrogen-bond acceptors (Lipinski definition) is 5. The molecule has 4 saturated carbocycles. The molecule has 0 spiro atoms. The van der Waals surface area contributed by atoms with Gasteiger partial charge in [0.1, 0.15) is 5.75 Å². The molecule has 0 aliphatic heterocycles. The molecule has 2 N–H and O–H groups in total. The highest BCUT2D eigenvalue weighted by molar-refractivity contribution is 5.33. The van der Waals surface area contributed by atoms with Gasteiger partial charge in [0.05, 0.1) is 18.9 Å². The molecule has 1 aromatic rings. The highest BCUT2D eigenvalue weighted by Gasteiger charge is 2.60. The van der Waals surface area contributed by atoms with Crippen molar-refractivity contribution in [2.24, 2.45) is 28.6 Å². The summed E-state index contributed by atoms with van der Waals surface area (Å²) in [4.78, 5) is 6.88. The second-order valence-electron chi connectivity index (χ2n) is 14.9. The van der Waals surface area contributed by atoms with Crippen LogP contribution in [0.3, 0.4) is 0 Å². The number of ether oxygens (including phenoxy) is 1. The van der Waals surface area contributed by atoms with Crippen molar-refractivity contribution in [2.45, 2.75) is 115 Å². The van der Waals surface area contributed by atoms with E-state index in [1.165, 1.54) is 75.3 Å². The molecule has 0 aromatic carbocycles. The molecule has 4 fully saturated rings. The predicted octanol–water partition coefficient (Wildman–Crippen LogP) is 7.24. The lowest BCUT2D eigenvalue weighted by molar-refractivity contribution is -0.0911. The molecular formula is C36H55N3O2. The van der Waals surface area contributed by atoms with Crippen LogP contribution in [0, 0.1) is 28.6 Å². The van der Waals surface area contributed by atoms with Crippen LogP contribution in [0.5, 0.6) is 5.75 Å². The standard InChI is InChI=1S/C36H55N3O2/c1-25-14-16-35(2)27(20-25)10-11-30-31(35)15-17-36(32(30)12-13-34(36)40)18-19-41-29-21-26(22-37-23-29)33(24-39(3)4)38-28-8-6-5-7-9-28/h20-23,28,30-34,38,40H,1,5-19,24H2,2-4H3/t30?,31?,32?,33?,34?,35-,36+/m0/s1. The first-order valence-corrected chi connectivity index (χ1v) is 16.8. The van der Waals surface area contributed by atoms with Gasteiger partial charge in [0.15, 0.2) is 0 Å². The van der Waals surface area contributed by atoms with Crippen molar-refractivity contribution >= 4 is 0 Å². The lowest BCUT2D eigenvalue weighted by Gasteiger charge is -2.58. The summed E-state index contributed by atoms with van der Waals surface area (Å²) >= 11 is 0. The Balaban J connectivity index is 1.12. The number of nitrogens with zero attached hydrogens (tertiary/aromatic N) is 2. The minimum absolute atomic E-state index is 0.0119. The summed E-state index contributed by atoms with van der Waals surface area (Å²) in [5.41, 5.74) is 4.56. The van der Waals surface area contributed by atoms with E-state index in [9.17, 15) is 5.11 Å². The summed E-state index contributed by atoms with van der Waals surface area (Å²) in [6.07, 6.45) is 23.1. The Kier molecular flexibility index (Phi) is 8.69. The van der Waals surface area contributed by atoms with E-state index >= 15 is 0 Å². The van der Waals surface area contributed by atoms with E-state index < -0.39 is 0 Å². The number of rotatable bonds is 9. The van der Waals surface area contributed by atoms with Crippen LogP contribution in [0.2, 0.25) is 0 Å². The maximum Gasteiger partial charge on any atom is 0.137 e. The number of aromatic nitrogens is 1. The number of aliphatic hydroxyl groups excluding tert-OH is 1. The van der Waals surface area contributed by atoms with Gasteiger partial charge in [-0.15, -0.1) is 0 Å². The van der Waals surface area contributed by atoms with E-state index in [-0.39, 0.29) is 17.6 Å². The first-order valence-electron chi connectivity index (χ1n) is 16.8. The average molecular weight is 562 g/mol. The fourth-order valence-corrected chi connectivity index (χ4v) is 10.1. The number of aliphatic hydroxyl groups is 1. The van der Waals surface area contributed by atoms with Gasteiger partial charge in [-0.3, -0.25) is 4.98 Å². The van der Waals surface area contributed by atoms with Gasteiger partial charge in [-0.25, -0.2) is 0 Å². The quantitative estimate of drug-likeness (QED) is 0.333. The number of pyridine rings is 1. The predicted molar refractivity (Wildman–Crippen MR) is 167 cm³/mol. The van der Waals surface area contributed by atoms with E-state index in [0.29, 0.717) is 24.0 Å². The lowest BCUT2D eigenvalue weighted by Crippen LogP contribution is -2.52. The first-order chi connectivity index (χ1) is 19.8. The van der Waals surface area contributed by atoms with Gasteiger partial charge >= 0.3 is 0 Å². The smallest absolute Gasteiger partial charge is 0.137 e. The van der Waals surface area contributed by atoms with Crippen molar-refractivity contribution in [1.29, 1.82) is 0 Å². The van der Waals surface area contributed by atoms with Gasteiger partial charge in [0.2, 0.25) is 0 Å². The molecule has 0 saturated heterocycles. The highest BCUT2D eigenvalue weighted by atomic mass is 16.5. The molecule has 41 heavy (non-hydrogen) atoms. The summed E-state index contributed by atoms with van der Waals surface area (Å²) in [6, 6.07) is 3.05. The van der Waals surface area contributed by atoms with Gasteiger partial charge in [-0.2, -0.15) is 0 Å². The maximum atomic E-state index is 11.4. The Bertz CT molecular complexity index is 1110. The number of hydrogen-bond donors (Lipinski definition) is 2. The third-order valence-corrected chi connectivity index (χ3v) is 12.3. The van der Waals surface area contributed by atoms with Crippen molar-refractivity contribution in [3.05, 3.63) is 47.8 Å². The topological polar surface area (TPSA) is 57.6 Å². The fraction of sp³-hybridized carbons (Fsp3) is 0.750. The summed E-state index contributed by atoms with van der Waals surface area (Å²) in [6.45, 7) is 8.45. The Morgan fingerprint density at radius 3 is 2.68 bits per heavy atom. The minimum atomic E-state index is -0.193. The van der Waals surface area contributed by atoms with E-state index in [1.807, 2.05) is 12.4 Å². The summed E-state index contributed by atoms with van der Waals surface area (Å²) in [5, 5.41) is 15.4. The molecule has 226 valence electrons. The second kappa shape index (κ2) is 12.1. The molecule has 1 heterocycles. The Hall–Kier alpha value is -1.69. The van der Waals surface area contributed by atoms with Gasteiger partial charge in [0, 0.05) is 30.2 Å². The molecule has 0 amide bonds. The van der Waals surface area contributed by atoms with E-state index in [0.717, 1.165) is 49.8 Å². The van der Waals surface area contributed by atoms with Crippen molar-refractivity contribution in [3.63, 3.8) is 0 Å². The van der Waals surface area contributed by atoms with Gasteiger partial charge in [0.25, 0.3) is 0 Å². The first kappa shape index (κ1) is 29.4. The van der Waals surface area contributed by atoms with Crippen molar-refractivity contribution in [3.8, 4) is 5.75 Å². The SMILES string of the molecule is C=C1C=C2CCC3C4CCC(O)[C@@]4(CCOc4cncc(C(CN(C)C)NC5CCCCC5)c4)CCC3[C@@]2(C)CC1. The zero-order chi connectivity index (χ0) is 28.6. The molecule has 7 atom stereocenters. The van der Waals surface area contributed by atoms with E-state index in [4.69, 9.17) is 4.74 Å². The second-order valence-corrected chi connectivity index (χ2v) is 14.9. The molecule has 5 heteroatoms. The zero-order valence-electron chi connectivity index (χ0n) is 26.0. The maximum absolute atomic E-state index is 11.4. The van der Waals surface area contributed by atoms with Crippen LogP contribution >= 0.6 is 0 Å². The van der Waals surface area contributed by atoms with E-state index in [1.54, 1.807) is 5.57 Å².